The summed E-state index contributed by atoms with van der Waals surface area (Å²) >= 11 is 0. The van der Waals surface area contributed by atoms with E-state index in [4.69, 9.17) is 0 Å². The molecule has 0 aromatic carbocycles. The van der Waals surface area contributed by atoms with Crippen LogP contribution in [0.25, 0.3) is 0 Å². The molecule has 28 heavy (non-hydrogen) atoms. The molecule has 0 heterocycles. The molecule has 4 nitrogen and oxygen atoms in total. The molecule has 4 N–H and O–H groups in total. The van der Waals surface area contributed by atoms with Gasteiger partial charge >= 0.3 is 0 Å². The summed E-state index contributed by atoms with van der Waals surface area (Å²) < 4.78 is 0. The largest absolute Gasteiger partial charge is 0.393 e. The third-order valence-corrected chi connectivity index (χ3v) is 10.2. The Balaban J connectivity index is 1.38. The molecule has 12 unspecified atom stereocenters. The fourth-order valence-electron chi connectivity index (χ4n) is 9.21. The molecule has 0 aliphatic heterocycles. The van der Waals surface area contributed by atoms with Gasteiger partial charge in [0, 0.05) is 0 Å². The van der Waals surface area contributed by atoms with E-state index in [0.717, 1.165) is 44.9 Å². The van der Waals surface area contributed by atoms with Crippen molar-refractivity contribution in [3.63, 3.8) is 0 Å². The van der Waals surface area contributed by atoms with Gasteiger partial charge in [0.2, 0.25) is 0 Å². The van der Waals surface area contributed by atoms with Crippen molar-refractivity contribution in [2.75, 3.05) is 0 Å². The number of aliphatic hydroxyl groups is 4. The quantitative estimate of drug-likeness (QED) is 0.553. The van der Waals surface area contributed by atoms with Crippen molar-refractivity contribution in [2.45, 2.75) is 95.5 Å². The number of hydrogen-bond donors (Lipinski definition) is 4. The van der Waals surface area contributed by atoms with Crippen LogP contribution in [-0.2, 0) is 0 Å². The molecule has 0 aromatic heterocycles. The number of rotatable bonds is 1. The topological polar surface area (TPSA) is 80.9 Å². The first-order chi connectivity index (χ1) is 13.3. The molecule has 12 atom stereocenters. The lowest BCUT2D eigenvalue weighted by molar-refractivity contribution is -0.152. The van der Waals surface area contributed by atoms with Crippen molar-refractivity contribution in [2.24, 2.45) is 53.3 Å². The van der Waals surface area contributed by atoms with E-state index in [0.29, 0.717) is 35.5 Å². The van der Waals surface area contributed by atoms with Gasteiger partial charge in [0.25, 0.3) is 0 Å². The van der Waals surface area contributed by atoms with Crippen LogP contribution in [0.2, 0.25) is 0 Å². The maximum atomic E-state index is 11.2. The summed E-state index contributed by atoms with van der Waals surface area (Å²) in [5, 5.41) is 42.9. The highest BCUT2D eigenvalue weighted by Gasteiger charge is 2.59. The van der Waals surface area contributed by atoms with Gasteiger partial charge in [-0.2, -0.15) is 0 Å². The summed E-state index contributed by atoms with van der Waals surface area (Å²) in [5.74, 6) is 4.30. The van der Waals surface area contributed by atoms with Crippen LogP contribution in [0.1, 0.15) is 71.6 Å². The Hall–Kier alpha value is -0.160. The van der Waals surface area contributed by atoms with Crippen molar-refractivity contribution in [1.29, 1.82) is 0 Å². The van der Waals surface area contributed by atoms with Crippen molar-refractivity contribution >= 4 is 0 Å². The van der Waals surface area contributed by atoms with Crippen LogP contribution in [0.3, 0.4) is 0 Å². The molecule has 4 heteroatoms. The van der Waals surface area contributed by atoms with E-state index in [1.165, 1.54) is 12.8 Å². The van der Waals surface area contributed by atoms with Crippen LogP contribution in [0.15, 0.2) is 0 Å². The second-order valence-corrected chi connectivity index (χ2v) is 11.7. The Kier molecular flexibility index (Phi) is 4.90. The van der Waals surface area contributed by atoms with E-state index in [2.05, 4.69) is 0 Å². The van der Waals surface area contributed by atoms with Gasteiger partial charge in [-0.25, -0.2) is 0 Å². The fraction of sp³-hybridized carbons (Fsp3) is 1.00. The lowest BCUT2D eigenvalue weighted by atomic mass is 9.48. The zero-order chi connectivity index (χ0) is 19.8. The van der Waals surface area contributed by atoms with Gasteiger partial charge in [-0.05, 0) is 125 Å². The van der Waals surface area contributed by atoms with E-state index in [9.17, 15) is 20.4 Å². The lowest BCUT2D eigenvalue weighted by Crippen LogP contribution is -2.56. The monoisotopic (exact) mass is 392 g/mol. The molecule has 5 rings (SSSR count). The molecular weight excluding hydrogens is 352 g/mol. The van der Waals surface area contributed by atoms with E-state index in [-0.39, 0.29) is 36.1 Å². The Morgan fingerprint density at radius 1 is 0.571 bits per heavy atom. The van der Waals surface area contributed by atoms with Gasteiger partial charge in [0.05, 0.1) is 23.9 Å². The Labute approximate surface area is 169 Å². The molecule has 0 spiro atoms. The highest BCUT2D eigenvalue weighted by Crippen LogP contribution is 2.62. The van der Waals surface area contributed by atoms with Crippen molar-refractivity contribution < 1.29 is 20.4 Å². The minimum absolute atomic E-state index is 0.215. The minimum Gasteiger partial charge on any atom is -0.393 e. The molecule has 0 aromatic rings. The lowest BCUT2D eigenvalue weighted by Gasteiger charge is -2.58. The normalized spacial score (nSPS) is 56.4. The molecule has 5 fully saturated rings. The first-order valence-corrected chi connectivity index (χ1v) is 12.0. The van der Waals surface area contributed by atoms with Crippen molar-refractivity contribution in [1.82, 2.24) is 0 Å². The molecule has 5 saturated carbocycles. The molecule has 0 saturated heterocycles. The molecular formula is C24H40O4. The number of aliphatic hydroxyl groups excluding tert-OH is 3. The van der Waals surface area contributed by atoms with Gasteiger partial charge in [0.15, 0.2) is 0 Å². The van der Waals surface area contributed by atoms with Crippen LogP contribution in [0.5, 0.6) is 0 Å². The van der Waals surface area contributed by atoms with E-state index < -0.39 is 5.60 Å². The first-order valence-electron chi connectivity index (χ1n) is 12.0. The molecule has 0 bridgehead atoms. The fourth-order valence-corrected chi connectivity index (χ4v) is 9.21. The molecule has 160 valence electrons. The van der Waals surface area contributed by atoms with Crippen molar-refractivity contribution in [3.8, 4) is 0 Å². The summed E-state index contributed by atoms with van der Waals surface area (Å²) in [6.45, 7) is 3.84. The van der Waals surface area contributed by atoms with Gasteiger partial charge in [-0.3, -0.25) is 0 Å². The third kappa shape index (κ3) is 3.01. The summed E-state index contributed by atoms with van der Waals surface area (Å²) in [5.41, 5.74) is -0.707. The van der Waals surface area contributed by atoms with Gasteiger partial charge < -0.3 is 20.4 Å². The van der Waals surface area contributed by atoms with E-state index >= 15 is 0 Å². The Morgan fingerprint density at radius 3 is 1.79 bits per heavy atom. The van der Waals surface area contributed by atoms with Gasteiger partial charge in [-0.15, -0.1) is 0 Å². The highest BCUT2D eigenvalue weighted by molar-refractivity contribution is 5.08. The van der Waals surface area contributed by atoms with Gasteiger partial charge in [-0.1, -0.05) is 0 Å². The minimum atomic E-state index is -0.707. The SMILES string of the molecule is CC(C)(O)C1CCC2C3CCC4C5CCC(O)CC5C(O)CC4C3CC(O)C21. The molecule has 5 aliphatic rings. The standard InChI is InChI=1S/C24H40O4/c1-24(2,28)20-8-7-16-15-6-5-13-14-4-3-12(25)9-19(14)21(26)10-17(13)18(15)11-22(27)23(16)20/h12-23,25-28H,3-11H2,1-2H3. The van der Waals surface area contributed by atoms with Crippen LogP contribution >= 0.6 is 0 Å². The third-order valence-electron chi connectivity index (χ3n) is 10.2. The van der Waals surface area contributed by atoms with Gasteiger partial charge in [0.1, 0.15) is 0 Å². The average molecular weight is 393 g/mol. The Morgan fingerprint density at radius 2 is 1.11 bits per heavy atom. The van der Waals surface area contributed by atoms with Crippen molar-refractivity contribution in [3.05, 3.63) is 0 Å². The zero-order valence-electron chi connectivity index (χ0n) is 17.6. The van der Waals surface area contributed by atoms with Crippen LogP contribution in [-0.4, -0.2) is 44.3 Å². The maximum absolute atomic E-state index is 11.2. The Bertz CT molecular complexity index is 586. The molecule has 5 aliphatic carbocycles. The second-order valence-electron chi connectivity index (χ2n) is 11.7. The summed E-state index contributed by atoms with van der Waals surface area (Å²) in [6.07, 6.45) is 8.40. The molecule has 0 amide bonds. The smallest absolute Gasteiger partial charge is 0.0623 e. The predicted molar refractivity (Wildman–Crippen MR) is 107 cm³/mol. The highest BCUT2D eigenvalue weighted by atomic mass is 16.3. The van der Waals surface area contributed by atoms with Crippen LogP contribution < -0.4 is 0 Å². The predicted octanol–water partition coefficient (Wildman–Crippen LogP) is 2.96. The second kappa shape index (κ2) is 6.93. The van der Waals surface area contributed by atoms with E-state index in [1.807, 2.05) is 13.8 Å². The maximum Gasteiger partial charge on any atom is 0.0623 e. The summed E-state index contributed by atoms with van der Waals surface area (Å²) in [6, 6.07) is 0. The van der Waals surface area contributed by atoms with Crippen LogP contribution in [0.4, 0.5) is 0 Å². The summed E-state index contributed by atoms with van der Waals surface area (Å²) in [4.78, 5) is 0. The average Bonchev–Trinajstić information content (AvgIpc) is 3.09. The number of hydrogen-bond acceptors (Lipinski definition) is 4. The number of fused-ring (bicyclic) bond motifs is 7. The van der Waals surface area contributed by atoms with E-state index in [1.54, 1.807) is 0 Å². The summed E-state index contributed by atoms with van der Waals surface area (Å²) in [7, 11) is 0. The van der Waals surface area contributed by atoms with Crippen LogP contribution in [0, 0.1) is 53.3 Å². The molecule has 0 radical (unpaired) electrons. The first kappa shape index (κ1) is 19.8. The zero-order valence-corrected chi connectivity index (χ0v) is 17.6.